The van der Waals surface area contributed by atoms with Gasteiger partial charge in [-0.2, -0.15) is 5.10 Å². The first-order chi connectivity index (χ1) is 15.7. The number of aromatic nitrogens is 5. The Morgan fingerprint density at radius 2 is 1.81 bits per heavy atom. The number of hydrogen-bond donors (Lipinski definition) is 1. The van der Waals surface area contributed by atoms with Crippen molar-refractivity contribution in [2.45, 2.75) is 13.0 Å². The second-order valence-electron chi connectivity index (χ2n) is 7.42. The molecule has 1 N–H and O–H groups in total. The van der Waals surface area contributed by atoms with Gasteiger partial charge in [-0.3, -0.25) is 13.9 Å². The Bertz CT molecular complexity index is 1460. The highest BCUT2D eigenvalue weighted by molar-refractivity contribution is 6.04. The van der Waals surface area contributed by atoms with Crippen molar-refractivity contribution < 1.29 is 4.79 Å². The average molecular weight is 420 g/mol. The van der Waals surface area contributed by atoms with E-state index in [1.165, 1.54) is 0 Å². The van der Waals surface area contributed by atoms with Crippen LogP contribution in [0, 0.1) is 12.3 Å². The molecule has 0 spiro atoms. The van der Waals surface area contributed by atoms with Gasteiger partial charge in [0.05, 0.1) is 12.1 Å². The quantitative estimate of drug-likeness (QED) is 0.428. The Morgan fingerprint density at radius 3 is 2.66 bits per heavy atom. The number of pyridine rings is 1. The number of rotatable bonds is 6. The van der Waals surface area contributed by atoms with Crippen molar-refractivity contribution in [2.24, 2.45) is 0 Å². The van der Waals surface area contributed by atoms with Crippen LogP contribution in [-0.4, -0.2) is 36.8 Å². The van der Waals surface area contributed by atoms with Gasteiger partial charge in [-0.25, -0.2) is 0 Å². The average Bonchev–Trinajstić information content (AvgIpc) is 3.41. The number of terminal acetylenes is 1. The minimum atomic E-state index is -0.212. The van der Waals surface area contributed by atoms with Gasteiger partial charge < -0.3 is 5.32 Å². The zero-order chi connectivity index (χ0) is 21.9. The normalized spacial score (nSPS) is 11.0. The van der Waals surface area contributed by atoms with Crippen LogP contribution in [0.4, 0.5) is 0 Å². The summed E-state index contributed by atoms with van der Waals surface area (Å²) in [6, 6.07) is 21.3. The Labute approximate surface area is 184 Å². The first-order valence-corrected chi connectivity index (χ1v) is 10.3. The molecule has 7 nitrogen and oxygen atoms in total. The Kier molecular flexibility index (Phi) is 5.10. The van der Waals surface area contributed by atoms with Crippen LogP contribution in [0.3, 0.4) is 0 Å². The molecule has 0 aliphatic carbocycles. The van der Waals surface area contributed by atoms with Crippen molar-refractivity contribution >= 4 is 22.5 Å². The highest BCUT2D eigenvalue weighted by atomic mass is 16.1. The van der Waals surface area contributed by atoms with Crippen molar-refractivity contribution in [3.63, 3.8) is 0 Å². The maximum Gasteiger partial charge on any atom is 0.272 e. The lowest BCUT2D eigenvalue weighted by atomic mass is 10.1. The van der Waals surface area contributed by atoms with Gasteiger partial charge in [0.25, 0.3) is 5.91 Å². The molecule has 5 rings (SSSR count). The fourth-order valence-corrected chi connectivity index (χ4v) is 3.73. The van der Waals surface area contributed by atoms with Crippen LogP contribution in [0.15, 0.2) is 72.9 Å². The van der Waals surface area contributed by atoms with Crippen LogP contribution in [0.1, 0.15) is 27.4 Å². The lowest BCUT2D eigenvalue weighted by Gasteiger charge is -2.04. The lowest BCUT2D eigenvalue weighted by molar-refractivity contribution is 0.0949. The predicted octanol–water partition coefficient (Wildman–Crippen LogP) is 3.08. The van der Waals surface area contributed by atoms with Gasteiger partial charge >= 0.3 is 0 Å². The van der Waals surface area contributed by atoms with Gasteiger partial charge in [0.1, 0.15) is 5.82 Å². The van der Waals surface area contributed by atoms with Gasteiger partial charge in [-0.1, -0.05) is 42.3 Å². The van der Waals surface area contributed by atoms with E-state index in [1.807, 2.05) is 82.0 Å². The maximum absolute atomic E-state index is 12.9. The van der Waals surface area contributed by atoms with E-state index in [-0.39, 0.29) is 5.91 Å². The van der Waals surface area contributed by atoms with Crippen LogP contribution < -0.4 is 5.32 Å². The van der Waals surface area contributed by atoms with Crippen molar-refractivity contribution in [3.05, 3.63) is 95.6 Å². The summed E-state index contributed by atoms with van der Waals surface area (Å²) in [5.74, 6) is 3.21. The highest BCUT2D eigenvalue weighted by Crippen LogP contribution is 2.20. The number of fused-ring (bicyclic) bond motifs is 2. The number of benzene rings is 2. The van der Waals surface area contributed by atoms with E-state index in [0.717, 1.165) is 33.5 Å². The molecule has 5 aromatic rings. The van der Waals surface area contributed by atoms with Gasteiger partial charge in [-0.05, 0) is 35.9 Å². The molecule has 1 amide bonds. The number of nitrogens with one attached hydrogen (secondary N) is 1. The topological polar surface area (TPSA) is 77.1 Å². The standard InChI is InChI=1S/C25H20N6O/c1-2-18-10-12-19(13-11-18)17-31-21-8-4-3-7-20(21)24(29-31)25(32)26-15-14-23-28-27-22-9-5-6-16-30(22)23/h1,3-13,16H,14-15,17H2,(H,26,32). The molecule has 32 heavy (non-hydrogen) atoms. The molecule has 0 saturated carbocycles. The molecule has 3 aromatic heterocycles. The fraction of sp³-hybridized carbons (Fsp3) is 0.120. The summed E-state index contributed by atoms with van der Waals surface area (Å²) in [5.41, 5.74) is 3.99. The number of amides is 1. The van der Waals surface area contributed by atoms with Crippen molar-refractivity contribution in [1.82, 2.24) is 29.7 Å². The van der Waals surface area contributed by atoms with E-state index in [9.17, 15) is 4.79 Å². The molecule has 156 valence electrons. The molecule has 0 aliphatic rings. The van der Waals surface area contributed by atoms with E-state index in [0.29, 0.717) is 25.2 Å². The van der Waals surface area contributed by atoms with Crippen LogP contribution in [0.5, 0.6) is 0 Å². The Morgan fingerprint density at radius 1 is 1.00 bits per heavy atom. The molecule has 3 heterocycles. The smallest absolute Gasteiger partial charge is 0.272 e. The maximum atomic E-state index is 12.9. The molecule has 0 atom stereocenters. The molecule has 0 radical (unpaired) electrons. The third-order valence-electron chi connectivity index (χ3n) is 5.34. The zero-order valence-electron chi connectivity index (χ0n) is 17.3. The molecule has 0 fully saturated rings. The monoisotopic (exact) mass is 420 g/mol. The number of hydrogen-bond acceptors (Lipinski definition) is 4. The summed E-state index contributed by atoms with van der Waals surface area (Å²) in [5, 5.41) is 16.8. The van der Waals surface area contributed by atoms with Gasteiger partial charge in [0, 0.05) is 30.1 Å². The fourth-order valence-electron chi connectivity index (χ4n) is 3.73. The van der Waals surface area contributed by atoms with E-state index in [4.69, 9.17) is 6.42 Å². The predicted molar refractivity (Wildman–Crippen MR) is 122 cm³/mol. The molecule has 2 aromatic carbocycles. The molecule has 0 aliphatic heterocycles. The van der Waals surface area contributed by atoms with E-state index < -0.39 is 0 Å². The Hall–Kier alpha value is -4.44. The number of carbonyl (C=O) groups is 1. The van der Waals surface area contributed by atoms with Crippen LogP contribution >= 0.6 is 0 Å². The first kappa shape index (κ1) is 19.5. The van der Waals surface area contributed by atoms with Gasteiger partial charge in [-0.15, -0.1) is 16.6 Å². The number of para-hydroxylation sites is 1. The van der Waals surface area contributed by atoms with Crippen LogP contribution in [-0.2, 0) is 13.0 Å². The molecule has 7 heteroatoms. The summed E-state index contributed by atoms with van der Waals surface area (Å²) in [6.07, 6.45) is 7.92. The van der Waals surface area contributed by atoms with Crippen LogP contribution in [0.25, 0.3) is 16.6 Å². The summed E-state index contributed by atoms with van der Waals surface area (Å²) in [6.45, 7) is 0.980. The van der Waals surface area contributed by atoms with E-state index in [1.54, 1.807) is 0 Å². The summed E-state index contributed by atoms with van der Waals surface area (Å²) in [7, 11) is 0. The molecular weight excluding hydrogens is 400 g/mol. The summed E-state index contributed by atoms with van der Waals surface area (Å²) >= 11 is 0. The van der Waals surface area contributed by atoms with Crippen LogP contribution in [0.2, 0.25) is 0 Å². The third-order valence-corrected chi connectivity index (χ3v) is 5.34. The Balaban J connectivity index is 1.34. The SMILES string of the molecule is C#Cc1ccc(Cn2nc(C(=O)NCCc3nnc4ccccn34)c3ccccc32)cc1. The lowest BCUT2D eigenvalue weighted by Crippen LogP contribution is -2.27. The number of carbonyl (C=O) groups excluding carboxylic acids is 1. The second-order valence-corrected chi connectivity index (χ2v) is 7.42. The van der Waals surface area contributed by atoms with E-state index in [2.05, 4.69) is 26.5 Å². The van der Waals surface area contributed by atoms with Crippen molar-refractivity contribution in [1.29, 1.82) is 0 Å². The van der Waals surface area contributed by atoms with Gasteiger partial charge in [0.2, 0.25) is 0 Å². The molecule has 0 unspecified atom stereocenters. The minimum Gasteiger partial charge on any atom is -0.350 e. The highest BCUT2D eigenvalue weighted by Gasteiger charge is 2.17. The zero-order valence-corrected chi connectivity index (χ0v) is 17.3. The van der Waals surface area contributed by atoms with Crippen molar-refractivity contribution in [3.8, 4) is 12.3 Å². The molecular formula is C25H20N6O. The summed E-state index contributed by atoms with van der Waals surface area (Å²) in [4.78, 5) is 12.9. The molecule has 0 bridgehead atoms. The first-order valence-electron chi connectivity index (χ1n) is 10.3. The third kappa shape index (κ3) is 3.70. The number of nitrogens with zero attached hydrogens (tertiary/aromatic N) is 5. The van der Waals surface area contributed by atoms with Crippen molar-refractivity contribution in [2.75, 3.05) is 6.54 Å². The molecule has 0 saturated heterocycles. The minimum absolute atomic E-state index is 0.212. The largest absolute Gasteiger partial charge is 0.350 e. The summed E-state index contributed by atoms with van der Waals surface area (Å²) < 4.78 is 3.77. The second kappa shape index (κ2) is 8.36. The van der Waals surface area contributed by atoms with E-state index >= 15 is 0 Å². The van der Waals surface area contributed by atoms with Gasteiger partial charge in [0.15, 0.2) is 11.3 Å².